The van der Waals surface area contributed by atoms with Crippen molar-refractivity contribution in [2.45, 2.75) is 55.8 Å². The van der Waals surface area contributed by atoms with E-state index < -0.39 is 12.3 Å². The Labute approximate surface area is 78.3 Å². The van der Waals surface area contributed by atoms with Gasteiger partial charge in [0, 0.05) is 0 Å². The first-order chi connectivity index (χ1) is 5.18. The Balaban J connectivity index is 3.79. The molecule has 11 heavy (non-hydrogen) atoms. The summed E-state index contributed by atoms with van der Waals surface area (Å²) in [4.78, 5) is 0. The van der Waals surface area contributed by atoms with Gasteiger partial charge in [-0.15, -0.1) is 0 Å². The molecule has 0 N–H and O–H groups in total. The molecule has 0 saturated carbocycles. The summed E-state index contributed by atoms with van der Waals surface area (Å²) in [6.45, 7) is 6.77. The van der Waals surface area contributed by atoms with E-state index in [1.54, 1.807) is 0 Å². The summed E-state index contributed by atoms with van der Waals surface area (Å²) in [5.74, 6) is 0. The second-order valence-electron chi connectivity index (χ2n) is 3.40. The van der Waals surface area contributed by atoms with Crippen molar-refractivity contribution in [1.29, 1.82) is 0 Å². The SMILES string of the molecule is CC[CH2][Ge]([Cl])([CH2]CC)[CH2]CC. The minimum absolute atomic E-state index is 1.30. The van der Waals surface area contributed by atoms with E-state index in [0.29, 0.717) is 0 Å². The molecule has 0 aliphatic carbocycles. The van der Waals surface area contributed by atoms with Gasteiger partial charge in [0.15, 0.2) is 0 Å². The van der Waals surface area contributed by atoms with Crippen LogP contribution in [0.5, 0.6) is 0 Å². The van der Waals surface area contributed by atoms with Gasteiger partial charge >= 0.3 is 78.1 Å². The number of halogens is 1. The van der Waals surface area contributed by atoms with Crippen molar-refractivity contribution in [1.82, 2.24) is 0 Å². The molecule has 0 nitrogen and oxygen atoms in total. The van der Waals surface area contributed by atoms with Crippen LogP contribution >= 0.6 is 10.0 Å². The third-order valence-corrected chi connectivity index (χ3v) is 13.8. The first kappa shape index (κ1) is 11.8. The van der Waals surface area contributed by atoms with E-state index in [2.05, 4.69) is 20.8 Å². The molecule has 0 amide bonds. The van der Waals surface area contributed by atoms with Crippen molar-refractivity contribution in [3.63, 3.8) is 0 Å². The fourth-order valence-corrected chi connectivity index (χ4v) is 11.9. The van der Waals surface area contributed by atoms with E-state index in [-0.39, 0.29) is 0 Å². The molecule has 0 saturated heterocycles. The van der Waals surface area contributed by atoms with Gasteiger partial charge in [-0.05, 0) is 0 Å². The van der Waals surface area contributed by atoms with Crippen LogP contribution in [0, 0.1) is 0 Å². The monoisotopic (exact) mass is 238 g/mol. The Bertz CT molecular complexity index is 76.5. The molecule has 0 aliphatic rings. The van der Waals surface area contributed by atoms with Crippen LogP contribution in [0.2, 0.25) is 15.8 Å². The van der Waals surface area contributed by atoms with Crippen LogP contribution in [0.25, 0.3) is 0 Å². The molecule has 0 aromatic rings. The quantitative estimate of drug-likeness (QED) is 0.601. The maximum absolute atomic E-state index is 6.63. The van der Waals surface area contributed by atoms with Crippen LogP contribution in [0.15, 0.2) is 0 Å². The molecule has 0 fully saturated rings. The number of hydrogen-bond donors (Lipinski definition) is 0. The summed E-state index contributed by atoms with van der Waals surface area (Å²) in [6, 6.07) is 0. The Kier molecular flexibility index (Phi) is 6.84. The molecule has 0 atom stereocenters. The van der Waals surface area contributed by atoms with Gasteiger partial charge < -0.3 is 0 Å². The van der Waals surface area contributed by atoms with Crippen LogP contribution in [0.1, 0.15) is 40.0 Å². The molecule has 0 heterocycles. The molecule has 0 unspecified atom stereocenters. The summed E-state index contributed by atoms with van der Waals surface area (Å²) in [5, 5.41) is 4.09. The fourth-order valence-electron chi connectivity index (χ4n) is 1.72. The molecule has 0 aromatic heterocycles. The Morgan fingerprint density at radius 2 is 1.09 bits per heavy atom. The molecule has 2 heteroatoms. The molecule has 0 rings (SSSR count). The van der Waals surface area contributed by atoms with Gasteiger partial charge in [0.25, 0.3) is 0 Å². The predicted molar refractivity (Wildman–Crippen MR) is 56.9 cm³/mol. The molecular weight excluding hydrogens is 216 g/mol. The van der Waals surface area contributed by atoms with Gasteiger partial charge in [-0.2, -0.15) is 0 Å². The van der Waals surface area contributed by atoms with E-state index >= 15 is 0 Å². The number of rotatable bonds is 6. The normalized spacial score (nSPS) is 12.0. The summed E-state index contributed by atoms with van der Waals surface area (Å²) in [6.07, 6.45) is 3.89. The molecule has 0 aliphatic heterocycles. The van der Waals surface area contributed by atoms with E-state index in [1.807, 2.05) is 0 Å². The van der Waals surface area contributed by atoms with Gasteiger partial charge in [-0.1, -0.05) is 0 Å². The summed E-state index contributed by atoms with van der Waals surface area (Å²) in [7, 11) is 6.63. The third kappa shape index (κ3) is 5.13. The molecule has 0 aromatic carbocycles. The Morgan fingerprint density at radius 3 is 1.27 bits per heavy atom. The zero-order valence-electron chi connectivity index (χ0n) is 8.12. The summed E-state index contributed by atoms with van der Waals surface area (Å²) < 4.78 is 0. The van der Waals surface area contributed by atoms with E-state index in [1.165, 1.54) is 35.0 Å². The zero-order chi connectivity index (χ0) is 8.74. The number of hydrogen-bond acceptors (Lipinski definition) is 0. The molecule has 0 bridgehead atoms. The van der Waals surface area contributed by atoms with Gasteiger partial charge in [-0.25, -0.2) is 0 Å². The average molecular weight is 237 g/mol. The standard InChI is InChI=1S/C9H21ClGe/c1-4-7-11(10,8-5-2)9-6-3/h4-9H2,1-3H3. The van der Waals surface area contributed by atoms with Gasteiger partial charge in [0.1, 0.15) is 0 Å². The Hall–Kier alpha value is 0.833. The van der Waals surface area contributed by atoms with E-state index in [0.717, 1.165) is 0 Å². The van der Waals surface area contributed by atoms with Crippen molar-refractivity contribution in [3.05, 3.63) is 0 Å². The van der Waals surface area contributed by atoms with Crippen LogP contribution in [-0.4, -0.2) is 12.3 Å². The van der Waals surface area contributed by atoms with Crippen LogP contribution < -0.4 is 0 Å². The summed E-state index contributed by atoms with van der Waals surface area (Å²) in [5.41, 5.74) is 0. The van der Waals surface area contributed by atoms with Gasteiger partial charge in [-0.3, -0.25) is 0 Å². The third-order valence-electron chi connectivity index (χ3n) is 2.09. The first-order valence-corrected chi connectivity index (χ1v) is 12.1. The van der Waals surface area contributed by atoms with Crippen molar-refractivity contribution in [2.75, 3.05) is 0 Å². The molecule has 0 radical (unpaired) electrons. The van der Waals surface area contributed by atoms with Crippen molar-refractivity contribution in [3.8, 4) is 0 Å². The zero-order valence-corrected chi connectivity index (χ0v) is 11.0. The fraction of sp³-hybridized carbons (Fsp3) is 1.00. The average Bonchev–Trinajstić information content (AvgIpc) is 1.88. The molecule has 68 valence electrons. The van der Waals surface area contributed by atoms with Gasteiger partial charge in [0.2, 0.25) is 0 Å². The van der Waals surface area contributed by atoms with Crippen molar-refractivity contribution >= 4 is 22.3 Å². The topological polar surface area (TPSA) is 0 Å². The van der Waals surface area contributed by atoms with E-state index in [9.17, 15) is 0 Å². The van der Waals surface area contributed by atoms with Crippen molar-refractivity contribution < 1.29 is 0 Å². The van der Waals surface area contributed by atoms with Crippen LogP contribution in [0.3, 0.4) is 0 Å². The second kappa shape index (κ2) is 6.36. The van der Waals surface area contributed by atoms with Crippen LogP contribution in [-0.2, 0) is 0 Å². The van der Waals surface area contributed by atoms with Crippen molar-refractivity contribution in [2.24, 2.45) is 0 Å². The minimum atomic E-state index is -1.77. The first-order valence-electron chi connectivity index (χ1n) is 4.87. The van der Waals surface area contributed by atoms with E-state index in [4.69, 9.17) is 10.0 Å². The maximum atomic E-state index is 6.63. The molecule has 0 spiro atoms. The predicted octanol–water partition coefficient (Wildman–Crippen LogP) is 4.40. The van der Waals surface area contributed by atoms with Gasteiger partial charge in [0.05, 0.1) is 0 Å². The van der Waals surface area contributed by atoms with Crippen LogP contribution in [0.4, 0.5) is 0 Å². The Morgan fingerprint density at radius 1 is 0.818 bits per heavy atom. The second-order valence-corrected chi connectivity index (χ2v) is 15.5. The molecular formula is C9H21ClGe. The summed E-state index contributed by atoms with van der Waals surface area (Å²) >= 11 is -1.77.